The molecule has 0 saturated carbocycles. The van der Waals surface area contributed by atoms with Crippen molar-refractivity contribution in [1.82, 2.24) is 9.80 Å². The topological polar surface area (TPSA) is 55.4 Å². The summed E-state index contributed by atoms with van der Waals surface area (Å²) >= 11 is 5.83. The highest BCUT2D eigenvalue weighted by molar-refractivity contribution is 7.80. The predicted octanol–water partition coefficient (Wildman–Crippen LogP) is 4.02. The van der Waals surface area contributed by atoms with Crippen LogP contribution in [0, 0.1) is 0 Å². The number of benzene rings is 2. The fourth-order valence-electron chi connectivity index (χ4n) is 3.74. The second-order valence-corrected chi connectivity index (χ2v) is 8.19. The molecule has 0 bridgehead atoms. The molecule has 1 N–H and O–H groups in total. The van der Waals surface area contributed by atoms with E-state index in [9.17, 15) is 0 Å². The van der Waals surface area contributed by atoms with Gasteiger partial charge < -0.3 is 29.2 Å². The highest BCUT2D eigenvalue weighted by atomic mass is 32.1. The second kappa shape index (κ2) is 13.2. The Bertz CT molecular complexity index is 872. The number of methoxy groups -OCH3 is 2. The van der Waals surface area contributed by atoms with E-state index in [-0.39, 0.29) is 0 Å². The summed E-state index contributed by atoms with van der Waals surface area (Å²) in [6.45, 7) is 8.83. The maximum absolute atomic E-state index is 5.83. The maximum Gasteiger partial charge on any atom is 0.173 e. The molecule has 1 heterocycles. The highest BCUT2D eigenvalue weighted by Gasteiger charge is 2.15. The Morgan fingerprint density at radius 3 is 2.45 bits per heavy atom. The minimum Gasteiger partial charge on any atom is -0.497 e. The molecular weight excluding hydrogens is 438 g/mol. The van der Waals surface area contributed by atoms with E-state index in [2.05, 4.69) is 27.2 Å². The van der Waals surface area contributed by atoms with Crippen molar-refractivity contribution >= 4 is 23.0 Å². The normalized spacial score (nSPS) is 13.9. The third kappa shape index (κ3) is 7.77. The van der Waals surface area contributed by atoms with Crippen LogP contribution in [0.2, 0.25) is 0 Å². The maximum atomic E-state index is 5.83. The van der Waals surface area contributed by atoms with Crippen molar-refractivity contribution in [2.75, 3.05) is 65.5 Å². The van der Waals surface area contributed by atoms with Gasteiger partial charge in [-0.1, -0.05) is 12.1 Å². The summed E-state index contributed by atoms with van der Waals surface area (Å²) in [7, 11) is 3.28. The van der Waals surface area contributed by atoms with E-state index in [0.29, 0.717) is 24.0 Å². The number of anilines is 1. The van der Waals surface area contributed by atoms with Gasteiger partial charge in [0.15, 0.2) is 5.11 Å². The van der Waals surface area contributed by atoms with Gasteiger partial charge in [-0.2, -0.15) is 0 Å². The standard InChI is InChI=1S/C25H35N3O4S/c1-4-32-21-8-6-20(7-9-21)19-28(13-5-12-27-14-16-31-17-15-27)25(33)26-23-11-10-22(29-2)18-24(23)30-3/h6-11,18H,4-5,12-17,19H2,1-3H3,(H,26,33). The molecule has 7 nitrogen and oxygen atoms in total. The number of thiocarbonyl (C=S) groups is 1. The minimum absolute atomic E-state index is 0.657. The number of hydrogen-bond donors (Lipinski definition) is 1. The minimum atomic E-state index is 0.657. The average Bonchev–Trinajstić information content (AvgIpc) is 2.85. The number of ether oxygens (including phenoxy) is 4. The second-order valence-electron chi connectivity index (χ2n) is 7.80. The number of nitrogens with one attached hydrogen (secondary N) is 1. The Hall–Kier alpha value is -2.55. The van der Waals surface area contributed by atoms with Crippen LogP contribution in [0.3, 0.4) is 0 Å². The van der Waals surface area contributed by atoms with Crippen LogP contribution >= 0.6 is 12.2 Å². The number of rotatable bonds is 11. The van der Waals surface area contributed by atoms with Gasteiger partial charge >= 0.3 is 0 Å². The summed E-state index contributed by atoms with van der Waals surface area (Å²) in [6, 6.07) is 13.9. The lowest BCUT2D eigenvalue weighted by Gasteiger charge is -2.30. The van der Waals surface area contributed by atoms with Crippen LogP contribution in [-0.4, -0.2) is 75.1 Å². The van der Waals surface area contributed by atoms with Crippen molar-refractivity contribution in [2.24, 2.45) is 0 Å². The van der Waals surface area contributed by atoms with E-state index >= 15 is 0 Å². The molecule has 3 rings (SSSR count). The van der Waals surface area contributed by atoms with E-state index in [1.165, 1.54) is 5.56 Å². The molecule has 0 radical (unpaired) electrons. The van der Waals surface area contributed by atoms with Crippen molar-refractivity contribution in [3.63, 3.8) is 0 Å². The number of nitrogens with zero attached hydrogens (tertiary/aromatic N) is 2. The molecule has 2 aromatic carbocycles. The van der Waals surface area contributed by atoms with Crippen LogP contribution in [0.1, 0.15) is 18.9 Å². The summed E-state index contributed by atoms with van der Waals surface area (Å²) in [5, 5.41) is 4.03. The molecule has 0 atom stereocenters. The molecule has 1 fully saturated rings. The summed E-state index contributed by atoms with van der Waals surface area (Å²) in [5.74, 6) is 2.30. The fraction of sp³-hybridized carbons (Fsp3) is 0.480. The first-order chi connectivity index (χ1) is 16.1. The predicted molar refractivity (Wildman–Crippen MR) is 136 cm³/mol. The number of morpholine rings is 1. The Morgan fingerprint density at radius 1 is 1.06 bits per heavy atom. The van der Waals surface area contributed by atoms with Crippen molar-refractivity contribution < 1.29 is 18.9 Å². The molecule has 1 aliphatic heterocycles. The van der Waals surface area contributed by atoms with Gasteiger partial charge in [-0.3, -0.25) is 4.90 Å². The molecule has 0 aromatic heterocycles. The molecule has 180 valence electrons. The molecule has 1 aliphatic rings. The van der Waals surface area contributed by atoms with Gasteiger partial charge in [0.1, 0.15) is 17.2 Å². The zero-order chi connectivity index (χ0) is 23.5. The fourth-order valence-corrected chi connectivity index (χ4v) is 4.00. The summed E-state index contributed by atoms with van der Waals surface area (Å²) in [6.07, 6.45) is 1.01. The largest absolute Gasteiger partial charge is 0.497 e. The molecule has 2 aromatic rings. The molecular formula is C25H35N3O4S. The van der Waals surface area contributed by atoms with Crippen LogP contribution in [0.15, 0.2) is 42.5 Å². The third-order valence-electron chi connectivity index (χ3n) is 5.55. The number of hydrogen-bond acceptors (Lipinski definition) is 6. The Kier molecular flexibility index (Phi) is 10.1. The van der Waals surface area contributed by atoms with E-state index in [1.54, 1.807) is 14.2 Å². The Balaban J connectivity index is 1.68. The molecule has 0 amide bonds. The van der Waals surface area contributed by atoms with Gasteiger partial charge in [-0.15, -0.1) is 0 Å². The smallest absolute Gasteiger partial charge is 0.173 e. The first-order valence-electron chi connectivity index (χ1n) is 11.4. The van der Waals surface area contributed by atoms with E-state index in [0.717, 1.165) is 63.0 Å². The van der Waals surface area contributed by atoms with Gasteiger partial charge in [0, 0.05) is 38.8 Å². The van der Waals surface area contributed by atoms with E-state index in [4.69, 9.17) is 31.2 Å². The first-order valence-corrected chi connectivity index (χ1v) is 11.8. The van der Waals surface area contributed by atoms with Gasteiger partial charge in [0.2, 0.25) is 0 Å². The summed E-state index contributed by atoms with van der Waals surface area (Å²) in [4.78, 5) is 4.65. The van der Waals surface area contributed by atoms with Crippen molar-refractivity contribution in [1.29, 1.82) is 0 Å². The van der Waals surface area contributed by atoms with Crippen molar-refractivity contribution in [3.05, 3.63) is 48.0 Å². The highest BCUT2D eigenvalue weighted by Crippen LogP contribution is 2.29. The van der Waals surface area contributed by atoms with Crippen LogP contribution in [-0.2, 0) is 11.3 Å². The zero-order valence-electron chi connectivity index (χ0n) is 19.8. The molecule has 0 aliphatic carbocycles. The molecule has 0 spiro atoms. The summed E-state index contributed by atoms with van der Waals surface area (Å²) < 4.78 is 21.9. The molecule has 1 saturated heterocycles. The molecule has 33 heavy (non-hydrogen) atoms. The lowest BCUT2D eigenvalue weighted by molar-refractivity contribution is 0.0368. The van der Waals surface area contributed by atoms with Gasteiger partial charge in [0.05, 0.1) is 39.7 Å². The van der Waals surface area contributed by atoms with Crippen molar-refractivity contribution in [3.8, 4) is 17.2 Å². The van der Waals surface area contributed by atoms with E-state index < -0.39 is 0 Å². The Morgan fingerprint density at radius 2 is 1.79 bits per heavy atom. The SMILES string of the molecule is CCOc1ccc(CN(CCCN2CCOCC2)C(=S)Nc2ccc(OC)cc2OC)cc1. The lowest BCUT2D eigenvalue weighted by Crippen LogP contribution is -2.40. The van der Waals surface area contributed by atoms with Crippen LogP contribution in [0.25, 0.3) is 0 Å². The zero-order valence-corrected chi connectivity index (χ0v) is 20.7. The van der Waals surface area contributed by atoms with Gasteiger partial charge in [-0.25, -0.2) is 0 Å². The van der Waals surface area contributed by atoms with Crippen LogP contribution < -0.4 is 19.5 Å². The van der Waals surface area contributed by atoms with E-state index in [1.807, 2.05) is 37.3 Å². The van der Waals surface area contributed by atoms with Crippen molar-refractivity contribution in [2.45, 2.75) is 19.9 Å². The first kappa shape index (κ1) is 25.1. The third-order valence-corrected chi connectivity index (χ3v) is 5.91. The monoisotopic (exact) mass is 473 g/mol. The molecule has 8 heteroatoms. The van der Waals surface area contributed by atoms with Gasteiger partial charge in [-0.05, 0) is 55.4 Å². The summed E-state index contributed by atoms with van der Waals surface area (Å²) in [5.41, 5.74) is 1.99. The van der Waals surface area contributed by atoms with Crippen LogP contribution in [0.4, 0.5) is 5.69 Å². The average molecular weight is 474 g/mol. The quantitative estimate of drug-likeness (QED) is 0.491. The lowest BCUT2D eigenvalue weighted by atomic mass is 10.2. The van der Waals surface area contributed by atoms with Gasteiger partial charge in [0.25, 0.3) is 0 Å². The Labute approximate surface area is 202 Å². The molecule has 0 unspecified atom stereocenters. The van der Waals surface area contributed by atoms with Crippen LogP contribution in [0.5, 0.6) is 17.2 Å².